The summed E-state index contributed by atoms with van der Waals surface area (Å²) >= 11 is 0. The molecule has 0 saturated heterocycles. The van der Waals surface area contributed by atoms with E-state index in [9.17, 15) is 10.1 Å². The predicted molar refractivity (Wildman–Crippen MR) is 48.8 cm³/mol. The Morgan fingerprint density at radius 1 is 1.64 bits per heavy atom. The van der Waals surface area contributed by atoms with E-state index in [1.807, 2.05) is 0 Å². The molecule has 1 aromatic rings. The smallest absolute Gasteiger partial charge is 0.274 e. The number of nitro benzene ring substituents is 1. The number of nitrogens with two attached hydrogens (primary N) is 1. The molecule has 0 bridgehead atoms. The summed E-state index contributed by atoms with van der Waals surface area (Å²) in [5, 5.41) is 19.1. The first-order valence-electron chi connectivity index (χ1n) is 3.62. The molecule has 6 heteroatoms. The van der Waals surface area contributed by atoms with E-state index >= 15 is 0 Å². The molecule has 1 rings (SSSR count). The minimum absolute atomic E-state index is 0.0380. The quantitative estimate of drug-likeness (QED) is 0.429. The fraction of sp³-hybridized carbons (Fsp3) is 0.125. The van der Waals surface area contributed by atoms with Gasteiger partial charge in [0.05, 0.1) is 29.4 Å². The van der Waals surface area contributed by atoms with Gasteiger partial charge in [0.2, 0.25) is 0 Å². The lowest BCUT2D eigenvalue weighted by molar-refractivity contribution is -0.384. The molecule has 2 N–H and O–H groups in total. The average Bonchev–Trinajstić information content (AvgIpc) is 2.17. The SMILES string of the molecule is COc1cc([N+](=O)[O-])cc(C#N)c1N. The molecule has 72 valence electrons. The van der Waals surface area contributed by atoms with Gasteiger partial charge < -0.3 is 10.5 Å². The van der Waals surface area contributed by atoms with Crippen molar-refractivity contribution < 1.29 is 9.66 Å². The summed E-state index contributed by atoms with van der Waals surface area (Å²) in [6.07, 6.45) is 0. The van der Waals surface area contributed by atoms with Crippen molar-refractivity contribution in [2.45, 2.75) is 0 Å². The molecule has 0 aliphatic rings. The molecule has 0 aromatic heterocycles. The van der Waals surface area contributed by atoms with Gasteiger partial charge in [-0.15, -0.1) is 0 Å². The molecule has 0 aliphatic heterocycles. The van der Waals surface area contributed by atoms with E-state index in [2.05, 4.69) is 0 Å². The number of nitrogen functional groups attached to an aromatic ring is 1. The van der Waals surface area contributed by atoms with Gasteiger partial charge in [0.1, 0.15) is 11.8 Å². The van der Waals surface area contributed by atoms with Crippen LogP contribution in [0.25, 0.3) is 0 Å². The maximum atomic E-state index is 10.4. The Bertz CT molecular complexity index is 423. The van der Waals surface area contributed by atoms with Gasteiger partial charge in [-0.05, 0) is 0 Å². The van der Waals surface area contributed by atoms with E-state index in [0.29, 0.717) is 0 Å². The van der Waals surface area contributed by atoms with Crippen LogP contribution in [0.1, 0.15) is 5.56 Å². The Hall–Kier alpha value is -2.29. The zero-order valence-corrected chi connectivity index (χ0v) is 7.35. The zero-order chi connectivity index (χ0) is 10.7. The minimum Gasteiger partial charge on any atom is -0.494 e. The summed E-state index contributed by atoms with van der Waals surface area (Å²) in [5.74, 6) is 0.135. The van der Waals surface area contributed by atoms with Crippen molar-refractivity contribution in [3.8, 4) is 11.8 Å². The van der Waals surface area contributed by atoms with Crippen LogP contribution < -0.4 is 10.5 Å². The maximum absolute atomic E-state index is 10.4. The van der Waals surface area contributed by atoms with Crippen LogP contribution in [-0.2, 0) is 0 Å². The highest BCUT2D eigenvalue weighted by Crippen LogP contribution is 2.30. The van der Waals surface area contributed by atoms with Gasteiger partial charge in [0.25, 0.3) is 5.69 Å². The second-order valence-electron chi connectivity index (χ2n) is 2.48. The summed E-state index contributed by atoms with van der Waals surface area (Å²) in [6.45, 7) is 0. The standard InChI is InChI=1S/C8H7N3O3/c1-14-7-3-6(11(12)13)2-5(4-9)8(7)10/h2-3H,10H2,1H3. The normalized spacial score (nSPS) is 9.14. The highest BCUT2D eigenvalue weighted by molar-refractivity contribution is 5.67. The number of nitriles is 1. The number of ether oxygens (including phenoxy) is 1. The van der Waals surface area contributed by atoms with E-state index in [4.69, 9.17) is 15.7 Å². The summed E-state index contributed by atoms with van der Waals surface area (Å²) in [6, 6.07) is 4.04. The number of anilines is 1. The van der Waals surface area contributed by atoms with Crippen LogP contribution >= 0.6 is 0 Å². The van der Waals surface area contributed by atoms with Crippen LogP contribution in [0.4, 0.5) is 11.4 Å². The lowest BCUT2D eigenvalue weighted by atomic mass is 10.1. The van der Waals surface area contributed by atoms with Gasteiger partial charge in [-0.2, -0.15) is 5.26 Å². The average molecular weight is 193 g/mol. The Balaban J connectivity index is 3.41. The number of hydrogen-bond acceptors (Lipinski definition) is 5. The summed E-state index contributed by atoms with van der Waals surface area (Å²) in [7, 11) is 1.33. The van der Waals surface area contributed by atoms with E-state index in [-0.39, 0.29) is 22.7 Å². The van der Waals surface area contributed by atoms with Crippen LogP contribution in [0, 0.1) is 21.4 Å². The minimum atomic E-state index is -0.608. The zero-order valence-electron chi connectivity index (χ0n) is 7.35. The summed E-state index contributed by atoms with van der Waals surface area (Å²) in [5.41, 5.74) is 5.44. The number of nitro groups is 1. The maximum Gasteiger partial charge on any atom is 0.274 e. The first-order valence-corrected chi connectivity index (χ1v) is 3.62. The molecule has 0 amide bonds. The molecule has 14 heavy (non-hydrogen) atoms. The molecule has 0 unspecified atom stereocenters. The van der Waals surface area contributed by atoms with Crippen LogP contribution in [0.15, 0.2) is 12.1 Å². The molecule has 0 aliphatic carbocycles. The second kappa shape index (κ2) is 3.62. The van der Waals surface area contributed by atoms with Crippen molar-refractivity contribution in [3.63, 3.8) is 0 Å². The number of non-ortho nitro benzene ring substituents is 1. The third-order valence-corrected chi connectivity index (χ3v) is 1.68. The lowest BCUT2D eigenvalue weighted by Gasteiger charge is -2.04. The third kappa shape index (κ3) is 1.56. The van der Waals surface area contributed by atoms with Crippen LogP contribution in [0.5, 0.6) is 5.75 Å². The van der Waals surface area contributed by atoms with Gasteiger partial charge in [-0.1, -0.05) is 0 Å². The Morgan fingerprint density at radius 3 is 2.71 bits per heavy atom. The van der Waals surface area contributed by atoms with Crippen molar-refractivity contribution in [1.82, 2.24) is 0 Å². The van der Waals surface area contributed by atoms with Crippen LogP contribution in [-0.4, -0.2) is 12.0 Å². The molecule has 0 saturated carbocycles. The topological polar surface area (TPSA) is 102 Å². The van der Waals surface area contributed by atoms with Gasteiger partial charge >= 0.3 is 0 Å². The summed E-state index contributed by atoms with van der Waals surface area (Å²) < 4.78 is 4.80. The van der Waals surface area contributed by atoms with Crippen LogP contribution in [0.2, 0.25) is 0 Å². The first-order chi connectivity index (χ1) is 6.60. The molecular weight excluding hydrogens is 186 g/mol. The summed E-state index contributed by atoms with van der Waals surface area (Å²) in [4.78, 5) is 9.84. The van der Waals surface area contributed by atoms with Crippen molar-refractivity contribution in [3.05, 3.63) is 27.8 Å². The lowest BCUT2D eigenvalue weighted by Crippen LogP contribution is -1.98. The molecule has 0 heterocycles. The van der Waals surface area contributed by atoms with Gasteiger partial charge in [0.15, 0.2) is 0 Å². The highest BCUT2D eigenvalue weighted by atomic mass is 16.6. The largest absolute Gasteiger partial charge is 0.494 e. The molecule has 0 atom stereocenters. The van der Waals surface area contributed by atoms with Crippen LogP contribution in [0.3, 0.4) is 0 Å². The Labute approximate surface area is 79.7 Å². The monoisotopic (exact) mass is 193 g/mol. The number of rotatable bonds is 2. The van der Waals surface area contributed by atoms with E-state index in [1.54, 1.807) is 6.07 Å². The van der Waals surface area contributed by atoms with Gasteiger partial charge in [0, 0.05) is 6.07 Å². The van der Waals surface area contributed by atoms with E-state index in [0.717, 1.165) is 6.07 Å². The number of methoxy groups -OCH3 is 1. The fourth-order valence-electron chi connectivity index (χ4n) is 0.979. The van der Waals surface area contributed by atoms with Gasteiger partial charge in [-0.3, -0.25) is 10.1 Å². The van der Waals surface area contributed by atoms with Crippen molar-refractivity contribution >= 4 is 11.4 Å². The molecule has 0 spiro atoms. The van der Waals surface area contributed by atoms with E-state index in [1.165, 1.54) is 13.2 Å². The number of benzene rings is 1. The molecule has 0 fully saturated rings. The number of hydrogen-bond donors (Lipinski definition) is 1. The molecule has 1 aromatic carbocycles. The van der Waals surface area contributed by atoms with Crippen molar-refractivity contribution in [2.75, 3.05) is 12.8 Å². The fourth-order valence-corrected chi connectivity index (χ4v) is 0.979. The van der Waals surface area contributed by atoms with Gasteiger partial charge in [-0.25, -0.2) is 0 Å². The number of nitrogens with zero attached hydrogens (tertiary/aromatic N) is 2. The third-order valence-electron chi connectivity index (χ3n) is 1.68. The van der Waals surface area contributed by atoms with E-state index < -0.39 is 4.92 Å². The molecule has 0 radical (unpaired) electrons. The Morgan fingerprint density at radius 2 is 2.29 bits per heavy atom. The Kier molecular flexibility index (Phi) is 2.53. The highest BCUT2D eigenvalue weighted by Gasteiger charge is 2.14. The first kappa shape index (κ1) is 9.80. The second-order valence-corrected chi connectivity index (χ2v) is 2.48. The van der Waals surface area contributed by atoms with Crippen molar-refractivity contribution in [2.24, 2.45) is 0 Å². The predicted octanol–water partition coefficient (Wildman–Crippen LogP) is 1.06. The molecule has 6 nitrogen and oxygen atoms in total. The van der Waals surface area contributed by atoms with Crippen molar-refractivity contribution in [1.29, 1.82) is 5.26 Å². The molecular formula is C8H7N3O3.